The largest absolute Gasteiger partial charge is 0.481 e. The molecule has 2 amide bonds. The van der Waals surface area contributed by atoms with Crippen molar-refractivity contribution in [2.75, 3.05) is 37.8 Å². The highest BCUT2D eigenvalue weighted by Gasteiger charge is 2.20. The van der Waals surface area contributed by atoms with Gasteiger partial charge in [-0.05, 0) is 36.3 Å². The van der Waals surface area contributed by atoms with Gasteiger partial charge in [0.1, 0.15) is 11.3 Å². The second-order valence-electron chi connectivity index (χ2n) is 7.99. The van der Waals surface area contributed by atoms with Gasteiger partial charge in [-0.1, -0.05) is 6.08 Å². The van der Waals surface area contributed by atoms with Crippen molar-refractivity contribution in [2.45, 2.75) is 17.9 Å². The third-order valence-corrected chi connectivity index (χ3v) is 6.84. The van der Waals surface area contributed by atoms with Crippen LogP contribution in [0.25, 0.3) is 16.6 Å². The van der Waals surface area contributed by atoms with E-state index in [1.807, 2.05) is 29.2 Å². The summed E-state index contributed by atoms with van der Waals surface area (Å²) < 4.78 is 5.27. The number of anilines is 1. The Morgan fingerprint density at radius 1 is 1.24 bits per heavy atom. The van der Waals surface area contributed by atoms with E-state index in [0.29, 0.717) is 37.1 Å². The molecule has 0 aliphatic carbocycles. The van der Waals surface area contributed by atoms with Gasteiger partial charge in [-0.2, -0.15) is 0 Å². The van der Waals surface area contributed by atoms with Crippen LogP contribution in [0.4, 0.5) is 5.82 Å². The third kappa shape index (κ3) is 4.73. The van der Waals surface area contributed by atoms with Crippen LogP contribution in [0.5, 0.6) is 5.88 Å². The summed E-state index contributed by atoms with van der Waals surface area (Å²) >= 11 is 1.48. The zero-order valence-corrected chi connectivity index (χ0v) is 19.5. The molecule has 10 heteroatoms. The molecule has 0 spiro atoms. The molecule has 2 N–H and O–H groups in total. The lowest BCUT2D eigenvalue weighted by Gasteiger charge is -2.27. The second-order valence-corrected chi connectivity index (χ2v) is 9.01. The first-order chi connectivity index (χ1) is 16.6. The van der Waals surface area contributed by atoms with Crippen molar-refractivity contribution < 1.29 is 14.3 Å². The Hall–Kier alpha value is -3.50. The lowest BCUT2D eigenvalue weighted by Crippen LogP contribution is -2.40. The Morgan fingerprint density at radius 2 is 2.15 bits per heavy atom. The van der Waals surface area contributed by atoms with Crippen LogP contribution >= 0.6 is 11.8 Å². The molecule has 0 radical (unpaired) electrons. The SMILES string of the molecule is COc1ccc2nccc(C3=CCN(C(=O)CNCc4ccc5c(n4)NC(=O)CS5)CC3)c2n1. The first-order valence-corrected chi connectivity index (χ1v) is 12.0. The zero-order chi connectivity index (χ0) is 23.5. The fraction of sp³-hybridized carbons (Fsp3) is 0.292. The van der Waals surface area contributed by atoms with Gasteiger partial charge in [-0.25, -0.2) is 9.97 Å². The number of carbonyl (C=O) groups excluding carboxylic acids is 2. The summed E-state index contributed by atoms with van der Waals surface area (Å²) in [5.41, 5.74) is 4.58. The fourth-order valence-electron chi connectivity index (χ4n) is 4.03. The zero-order valence-electron chi connectivity index (χ0n) is 18.7. The Bertz CT molecular complexity index is 1290. The Balaban J connectivity index is 1.19. The van der Waals surface area contributed by atoms with Crippen LogP contribution in [0.1, 0.15) is 17.7 Å². The minimum atomic E-state index is -0.0440. The predicted octanol–water partition coefficient (Wildman–Crippen LogP) is 2.48. The summed E-state index contributed by atoms with van der Waals surface area (Å²) in [5, 5.41) is 5.96. The van der Waals surface area contributed by atoms with Gasteiger partial charge >= 0.3 is 0 Å². The Labute approximate surface area is 201 Å². The monoisotopic (exact) mass is 476 g/mol. The highest BCUT2D eigenvalue weighted by Crippen LogP contribution is 2.30. The highest BCUT2D eigenvalue weighted by molar-refractivity contribution is 8.00. The number of aromatic nitrogens is 3. The number of nitrogens with zero attached hydrogens (tertiary/aromatic N) is 4. The number of hydrogen-bond acceptors (Lipinski definition) is 8. The number of methoxy groups -OCH3 is 1. The maximum absolute atomic E-state index is 12.7. The molecule has 174 valence electrons. The standard InChI is InChI=1S/C24H24N6O3S/c1-33-21-5-3-18-23(29-21)17(6-9-26-18)15-7-10-30(11-8-15)22(32)13-25-12-16-2-4-19-24(27-16)28-20(31)14-34-19/h2-7,9,25H,8,10-14H2,1H3,(H,27,28,31). The fourth-order valence-corrected chi connectivity index (χ4v) is 4.79. The molecule has 5 heterocycles. The van der Waals surface area contributed by atoms with Gasteiger partial charge in [0.25, 0.3) is 0 Å². The van der Waals surface area contributed by atoms with Gasteiger partial charge in [0.15, 0.2) is 0 Å². The van der Waals surface area contributed by atoms with E-state index in [2.05, 4.69) is 31.7 Å². The number of ether oxygens (including phenoxy) is 1. The van der Waals surface area contributed by atoms with Crippen LogP contribution in [-0.4, -0.2) is 64.2 Å². The van der Waals surface area contributed by atoms with Crippen molar-refractivity contribution in [1.82, 2.24) is 25.2 Å². The Morgan fingerprint density at radius 3 is 2.97 bits per heavy atom. The molecule has 3 aromatic heterocycles. The van der Waals surface area contributed by atoms with Gasteiger partial charge in [0.05, 0.1) is 35.5 Å². The second kappa shape index (κ2) is 9.78. The van der Waals surface area contributed by atoms with E-state index in [0.717, 1.165) is 39.2 Å². The van der Waals surface area contributed by atoms with E-state index in [4.69, 9.17) is 4.74 Å². The first-order valence-electron chi connectivity index (χ1n) is 11.0. The van der Waals surface area contributed by atoms with Crippen LogP contribution in [-0.2, 0) is 16.1 Å². The molecule has 34 heavy (non-hydrogen) atoms. The molecule has 5 rings (SSSR count). The number of amides is 2. The van der Waals surface area contributed by atoms with Crippen LogP contribution in [0.15, 0.2) is 47.5 Å². The summed E-state index contributed by atoms with van der Waals surface area (Å²) in [7, 11) is 1.60. The summed E-state index contributed by atoms with van der Waals surface area (Å²) in [6.45, 7) is 1.86. The molecule has 9 nitrogen and oxygen atoms in total. The van der Waals surface area contributed by atoms with Gasteiger partial charge in [0, 0.05) is 37.5 Å². The Kier molecular flexibility index (Phi) is 6.41. The molecule has 0 bridgehead atoms. The molecule has 0 atom stereocenters. The molecular weight excluding hydrogens is 452 g/mol. The van der Waals surface area contributed by atoms with Crippen molar-refractivity contribution in [3.05, 3.63) is 53.9 Å². The molecule has 0 saturated heterocycles. The highest BCUT2D eigenvalue weighted by atomic mass is 32.2. The van der Waals surface area contributed by atoms with Gasteiger partial charge in [-0.15, -0.1) is 11.8 Å². The smallest absolute Gasteiger partial charge is 0.236 e. The van der Waals surface area contributed by atoms with Gasteiger partial charge in [-0.3, -0.25) is 14.6 Å². The van der Waals surface area contributed by atoms with Crippen molar-refractivity contribution >= 4 is 46.0 Å². The predicted molar refractivity (Wildman–Crippen MR) is 131 cm³/mol. The normalized spacial score (nSPS) is 15.5. The number of hydrogen-bond donors (Lipinski definition) is 2. The molecule has 0 saturated carbocycles. The molecule has 2 aliphatic heterocycles. The van der Waals surface area contributed by atoms with Crippen LogP contribution in [0.3, 0.4) is 0 Å². The maximum Gasteiger partial charge on any atom is 0.236 e. The van der Waals surface area contributed by atoms with Crippen LogP contribution in [0, 0.1) is 0 Å². The third-order valence-electron chi connectivity index (χ3n) is 5.79. The van der Waals surface area contributed by atoms with Gasteiger partial charge in [0.2, 0.25) is 17.7 Å². The maximum atomic E-state index is 12.7. The van der Waals surface area contributed by atoms with Crippen LogP contribution < -0.4 is 15.4 Å². The lowest BCUT2D eigenvalue weighted by molar-refractivity contribution is -0.129. The first kappa shape index (κ1) is 22.3. The average Bonchev–Trinajstić information content (AvgIpc) is 2.87. The quantitative estimate of drug-likeness (QED) is 0.559. The number of thioether (sulfide) groups is 1. The molecule has 3 aromatic rings. The minimum Gasteiger partial charge on any atom is -0.481 e. The number of nitrogens with one attached hydrogen (secondary N) is 2. The molecule has 0 fully saturated rings. The van der Waals surface area contributed by atoms with Crippen LogP contribution in [0.2, 0.25) is 0 Å². The summed E-state index contributed by atoms with van der Waals surface area (Å²) in [6, 6.07) is 9.54. The molecule has 0 aromatic carbocycles. The molecule has 2 aliphatic rings. The topological polar surface area (TPSA) is 109 Å². The van der Waals surface area contributed by atoms with Crippen molar-refractivity contribution in [3.8, 4) is 5.88 Å². The average molecular weight is 477 g/mol. The number of carbonyl (C=O) groups is 2. The van der Waals surface area contributed by atoms with E-state index in [9.17, 15) is 9.59 Å². The lowest BCUT2D eigenvalue weighted by atomic mass is 9.98. The minimum absolute atomic E-state index is 0.0384. The molecular formula is C24H24N6O3S. The summed E-state index contributed by atoms with van der Waals surface area (Å²) in [6.07, 6.45) is 4.61. The van der Waals surface area contributed by atoms with Crippen molar-refractivity contribution in [1.29, 1.82) is 0 Å². The number of pyridine rings is 3. The van der Waals surface area contributed by atoms with E-state index in [-0.39, 0.29) is 18.4 Å². The van der Waals surface area contributed by atoms with Crippen molar-refractivity contribution in [3.63, 3.8) is 0 Å². The van der Waals surface area contributed by atoms with E-state index >= 15 is 0 Å². The molecule has 0 unspecified atom stereocenters. The van der Waals surface area contributed by atoms with Crippen molar-refractivity contribution in [2.24, 2.45) is 0 Å². The summed E-state index contributed by atoms with van der Waals surface area (Å²) in [5.74, 6) is 1.55. The number of rotatable bonds is 6. The van der Waals surface area contributed by atoms with E-state index in [1.54, 1.807) is 19.4 Å². The van der Waals surface area contributed by atoms with E-state index in [1.165, 1.54) is 11.8 Å². The van der Waals surface area contributed by atoms with Gasteiger partial charge < -0.3 is 20.3 Å². The number of fused-ring (bicyclic) bond motifs is 2. The summed E-state index contributed by atoms with van der Waals surface area (Å²) in [4.78, 5) is 40.5. The van der Waals surface area contributed by atoms with E-state index < -0.39 is 0 Å².